The van der Waals surface area contributed by atoms with Gasteiger partial charge in [-0.3, -0.25) is 4.99 Å². The molecule has 0 radical (unpaired) electrons. The highest BCUT2D eigenvalue weighted by molar-refractivity contribution is 6.10. The molecule has 1 fully saturated rings. The highest BCUT2D eigenvalue weighted by Gasteiger charge is 2.46. The summed E-state index contributed by atoms with van der Waals surface area (Å²) in [4.78, 5) is 3.10. The van der Waals surface area contributed by atoms with Crippen molar-refractivity contribution in [2.24, 2.45) is 4.99 Å². The van der Waals surface area contributed by atoms with Crippen molar-refractivity contribution in [3.63, 3.8) is 0 Å². The van der Waals surface area contributed by atoms with Gasteiger partial charge >= 0.3 is 0 Å². The summed E-state index contributed by atoms with van der Waals surface area (Å²) in [5, 5.41) is 46.2. The lowest BCUT2D eigenvalue weighted by Crippen LogP contribution is -2.06. The third-order valence-corrected chi connectivity index (χ3v) is 6.67. The number of hydrogen-bond donors (Lipinski definition) is 0. The molecule has 48 heavy (non-hydrogen) atoms. The van der Waals surface area contributed by atoms with Gasteiger partial charge in [-0.2, -0.15) is 26.3 Å². The molecule has 6 nitrogen and oxygen atoms in total. The predicted molar refractivity (Wildman–Crippen MR) is 135 cm³/mol. The standard InChI is InChI=1S/C30H2F12N6/c1-48-30(17-28(41)22(35)11(6-47)23(36)29(17)42)16-12(7(2-43)14-24(37)18(31)9(4-45)19(32)25(14)38)13(16)8(3-44)15-26(39)20(33)10(5-46)21(34)27(15)40/h1H2/b12-7-,13-8?,30-16+. The molecule has 0 heterocycles. The van der Waals surface area contributed by atoms with E-state index < -0.39 is 137 Å². The van der Waals surface area contributed by atoms with Gasteiger partial charge in [-0.15, -0.1) is 0 Å². The van der Waals surface area contributed by atoms with E-state index in [0.29, 0.717) is 0 Å². The van der Waals surface area contributed by atoms with Gasteiger partial charge < -0.3 is 0 Å². The van der Waals surface area contributed by atoms with Crippen LogP contribution in [0.1, 0.15) is 33.4 Å². The molecule has 0 unspecified atom stereocenters. The Morgan fingerprint density at radius 3 is 0.854 bits per heavy atom. The molecule has 3 aromatic rings. The Kier molecular flexibility index (Phi) is 8.63. The number of nitriles is 5. The second-order valence-electron chi connectivity index (χ2n) is 8.96. The monoisotopic (exact) mass is 674 g/mol. The van der Waals surface area contributed by atoms with E-state index in [1.165, 1.54) is 0 Å². The van der Waals surface area contributed by atoms with Gasteiger partial charge in [0.25, 0.3) is 0 Å². The van der Waals surface area contributed by atoms with E-state index in [9.17, 15) is 36.9 Å². The fraction of sp³-hybridized carbons (Fsp3) is 0. The fourth-order valence-electron chi connectivity index (χ4n) is 4.52. The Morgan fingerprint density at radius 1 is 0.396 bits per heavy atom. The second-order valence-corrected chi connectivity index (χ2v) is 8.96. The lowest BCUT2D eigenvalue weighted by molar-refractivity contribution is 0.446. The average Bonchev–Trinajstić information content (AvgIpc) is 3.78. The summed E-state index contributed by atoms with van der Waals surface area (Å²) in [5.41, 5.74) is -20.5. The van der Waals surface area contributed by atoms with Crippen LogP contribution in [0.4, 0.5) is 52.7 Å². The van der Waals surface area contributed by atoms with E-state index in [-0.39, 0.29) is 0 Å². The summed E-state index contributed by atoms with van der Waals surface area (Å²) in [6.45, 7) is 2.87. The molecule has 0 atom stereocenters. The van der Waals surface area contributed by atoms with E-state index in [2.05, 4.69) is 11.7 Å². The Bertz CT molecular complexity index is 2180. The van der Waals surface area contributed by atoms with Crippen LogP contribution in [-0.2, 0) is 0 Å². The average molecular weight is 674 g/mol. The Hall–Kier alpha value is -6.84. The number of hydrogen-bond acceptors (Lipinski definition) is 6. The van der Waals surface area contributed by atoms with E-state index in [1.807, 2.05) is 0 Å². The topological polar surface area (TPSA) is 131 Å². The zero-order valence-electron chi connectivity index (χ0n) is 22.4. The molecule has 4 rings (SSSR count). The molecule has 1 aliphatic carbocycles. The largest absolute Gasteiger partial charge is 0.263 e. The van der Waals surface area contributed by atoms with Gasteiger partial charge in [0.15, 0.2) is 69.8 Å². The van der Waals surface area contributed by atoms with Crippen molar-refractivity contribution in [2.75, 3.05) is 0 Å². The number of allylic oxidation sites excluding steroid dienone is 5. The van der Waals surface area contributed by atoms with Gasteiger partial charge in [-0.05, 0) is 6.72 Å². The number of benzene rings is 3. The summed E-state index contributed by atoms with van der Waals surface area (Å²) in [5.74, 6) is -29.3. The van der Waals surface area contributed by atoms with Crippen LogP contribution in [0.2, 0.25) is 0 Å². The Morgan fingerprint density at radius 2 is 0.646 bits per heavy atom. The van der Waals surface area contributed by atoms with Crippen LogP contribution in [0.25, 0.3) is 16.8 Å². The minimum absolute atomic E-state index is 0.786. The van der Waals surface area contributed by atoms with Crippen LogP contribution in [0.3, 0.4) is 0 Å². The molecule has 0 saturated heterocycles. The fourth-order valence-corrected chi connectivity index (χ4v) is 4.52. The summed E-state index contributed by atoms with van der Waals surface area (Å²) in [7, 11) is 0. The zero-order chi connectivity index (χ0) is 36.1. The van der Waals surface area contributed by atoms with Gasteiger partial charge in [0.1, 0.15) is 47.0 Å². The Balaban J connectivity index is 2.38. The second kappa shape index (κ2) is 12.2. The first-order chi connectivity index (χ1) is 22.6. The minimum Gasteiger partial charge on any atom is -0.263 e. The van der Waals surface area contributed by atoms with Crippen molar-refractivity contribution in [3.05, 3.63) is 120 Å². The van der Waals surface area contributed by atoms with Crippen molar-refractivity contribution < 1.29 is 52.7 Å². The lowest BCUT2D eigenvalue weighted by atomic mass is 9.99. The molecular formula is C30H2F12N6. The minimum atomic E-state index is -2.49. The van der Waals surface area contributed by atoms with Crippen molar-refractivity contribution in [1.29, 1.82) is 26.3 Å². The quantitative estimate of drug-likeness (QED) is 0.124. The number of rotatable bonds is 4. The molecule has 1 aliphatic rings. The molecule has 236 valence electrons. The first-order valence-corrected chi connectivity index (χ1v) is 11.9. The maximum absolute atomic E-state index is 15.1. The first kappa shape index (κ1) is 34.0. The number of nitrogens with zero attached hydrogens (tertiary/aromatic N) is 6. The van der Waals surface area contributed by atoms with E-state index in [0.717, 1.165) is 30.3 Å². The van der Waals surface area contributed by atoms with Crippen LogP contribution in [0.5, 0.6) is 0 Å². The molecule has 0 amide bonds. The summed E-state index contributed by atoms with van der Waals surface area (Å²) < 4.78 is 178. The number of halogens is 12. The zero-order valence-corrected chi connectivity index (χ0v) is 22.4. The molecule has 18 heteroatoms. The van der Waals surface area contributed by atoms with E-state index in [4.69, 9.17) is 15.8 Å². The highest BCUT2D eigenvalue weighted by Crippen LogP contribution is 2.57. The van der Waals surface area contributed by atoms with Gasteiger partial charge in [0, 0.05) is 16.7 Å². The SMILES string of the molecule is C=N/C(=C1/C(=C(C#N)c2c(F)c(F)c(C#N)c(F)c2F)/C1=C(\C#N)c1c(F)c(F)c(C#N)c(F)c1F)c1c(F)c(F)c(C#N)c(F)c1F. The van der Waals surface area contributed by atoms with Crippen LogP contribution in [0, 0.1) is 126 Å². The molecule has 0 aliphatic heterocycles. The molecule has 3 aromatic carbocycles. The van der Waals surface area contributed by atoms with Gasteiger partial charge in [-0.25, -0.2) is 52.7 Å². The van der Waals surface area contributed by atoms with Crippen LogP contribution in [-0.4, -0.2) is 6.72 Å². The molecule has 0 N–H and O–H groups in total. The summed E-state index contributed by atoms with van der Waals surface area (Å²) >= 11 is 0. The Labute approximate surface area is 258 Å². The molecular weight excluding hydrogens is 672 g/mol. The van der Waals surface area contributed by atoms with Crippen molar-refractivity contribution >= 4 is 23.6 Å². The third kappa shape index (κ3) is 4.61. The van der Waals surface area contributed by atoms with E-state index >= 15 is 26.3 Å². The molecule has 0 bridgehead atoms. The summed E-state index contributed by atoms with van der Waals surface area (Å²) in [6.07, 6.45) is 0. The number of aliphatic imine (C=N–C) groups is 1. The van der Waals surface area contributed by atoms with Crippen LogP contribution in [0.15, 0.2) is 21.7 Å². The maximum atomic E-state index is 15.1. The lowest BCUT2D eigenvalue weighted by Gasteiger charge is -2.09. The van der Waals surface area contributed by atoms with Crippen molar-refractivity contribution in [2.45, 2.75) is 0 Å². The maximum Gasteiger partial charge on any atom is 0.180 e. The van der Waals surface area contributed by atoms with Gasteiger partial charge in [-0.1, -0.05) is 0 Å². The normalized spacial score (nSPS) is 15.0. The third-order valence-electron chi connectivity index (χ3n) is 6.67. The van der Waals surface area contributed by atoms with E-state index in [1.54, 1.807) is 0 Å². The van der Waals surface area contributed by atoms with Crippen molar-refractivity contribution in [1.82, 2.24) is 0 Å². The molecule has 0 aromatic heterocycles. The molecule has 0 spiro atoms. The highest BCUT2D eigenvalue weighted by atomic mass is 19.2. The first-order valence-electron chi connectivity index (χ1n) is 11.9. The van der Waals surface area contributed by atoms with Gasteiger partial charge in [0.05, 0.1) is 33.5 Å². The van der Waals surface area contributed by atoms with Crippen LogP contribution < -0.4 is 0 Å². The molecule has 1 saturated carbocycles. The predicted octanol–water partition coefficient (Wildman–Crippen LogP) is 7.35. The summed E-state index contributed by atoms with van der Waals surface area (Å²) in [6, 6.07) is 4.38. The van der Waals surface area contributed by atoms with Crippen LogP contribution >= 0.6 is 0 Å². The smallest absolute Gasteiger partial charge is 0.180 e. The van der Waals surface area contributed by atoms with Crippen molar-refractivity contribution in [3.8, 4) is 30.3 Å². The van der Waals surface area contributed by atoms with Gasteiger partial charge in [0.2, 0.25) is 0 Å².